The summed E-state index contributed by atoms with van der Waals surface area (Å²) in [6, 6.07) is 9.98. The number of aromatic nitrogens is 1. The maximum absolute atomic E-state index is 12.8. The van der Waals surface area contributed by atoms with Crippen molar-refractivity contribution in [3.8, 4) is 11.5 Å². The largest absolute Gasteiger partial charge is 0.493 e. The van der Waals surface area contributed by atoms with E-state index in [9.17, 15) is 18.0 Å². The maximum Gasteiger partial charge on any atom is 0.416 e. The molecule has 2 N–H and O–H groups in total. The molecule has 0 atom stereocenters. The summed E-state index contributed by atoms with van der Waals surface area (Å²) in [6.45, 7) is 0. The van der Waals surface area contributed by atoms with E-state index in [0.717, 1.165) is 12.1 Å². The van der Waals surface area contributed by atoms with Crippen molar-refractivity contribution in [2.45, 2.75) is 12.6 Å². The normalized spacial score (nSPS) is 11.4. The van der Waals surface area contributed by atoms with Crippen molar-refractivity contribution in [2.24, 2.45) is 5.10 Å². The third-order valence-corrected chi connectivity index (χ3v) is 4.95. The summed E-state index contributed by atoms with van der Waals surface area (Å²) >= 11 is 1.18. The number of thiazole rings is 1. The maximum atomic E-state index is 12.8. The Morgan fingerprint density at radius 1 is 1.16 bits per heavy atom. The highest BCUT2D eigenvalue weighted by atomic mass is 32.1. The van der Waals surface area contributed by atoms with Crippen LogP contribution in [0.2, 0.25) is 0 Å². The van der Waals surface area contributed by atoms with E-state index in [4.69, 9.17) is 9.47 Å². The number of benzene rings is 2. The molecule has 168 valence electrons. The topological polar surface area (TPSA) is 84.8 Å². The number of hydrogen-bond acceptors (Lipinski definition) is 7. The molecule has 1 amide bonds. The number of halogens is 3. The zero-order chi connectivity index (χ0) is 23.1. The molecule has 0 saturated heterocycles. The van der Waals surface area contributed by atoms with Gasteiger partial charge >= 0.3 is 6.18 Å². The van der Waals surface area contributed by atoms with E-state index >= 15 is 0 Å². The first-order chi connectivity index (χ1) is 15.3. The minimum atomic E-state index is -4.43. The number of alkyl halides is 3. The lowest BCUT2D eigenvalue weighted by molar-refractivity contribution is -0.137. The molecule has 0 unspecified atom stereocenters. The van der Waals surface area contributed by atoms with E-state index < -0.39 is 17.6 Å². The minimum absolute atomic E-state index is 0.0377. The van der Waals surface area contributed by atoms with Gasteiger partial charge in [0.05, 0.1) is 38.1 Å². The van der Waals surface area contributed by atoms with Gasteiger partial charge in [0.2, 0.25) is 5.91 Å². The molecule has 2 aromatic carbocycles. The first kappa shape index (κ1) is 23.1. The monoisotopic (exact) mass is 464 g/mol. The number of hydrazone groups is 1. The highest BCUT2D eigenvalue weighted by Crippen LogP contribution is 2.32. The van der Waals surface area contributed by atoms with E-state index in [-0.39, 0.29) is 12.1 Å². The fourth-order valence-corrected chi connectivity index (χ4v) is 3.39. The lowest BCUT2D eigenvalue weighted by Gasteiger charge is -2.08. The van der Waals surface area contributed by atoms with Crippen molar-refractivity contribution in [3.05, 3.63) is 64.7 Å². The van der Waals surface area contributed by atoms with Gasteiger partial charge in [0.1, 0.15) is 0 Å². The molecular weight excluding hydrogens is 445 g/mol. The molecule has 0 aliphatic heterocycles. The van der Waals surface area contributed by atoms with Gasteiger partial charge in [-0.15, -0.1) is 11.3 Å². The predicted molar refractivity (Wildman–Crippen MR) is 116 cm³/mol. The van der Waals surface area contributed by atoms with Gasteiger partial charge in [-0.2, -0.15) is 18.3 Å². The number of nitrogens with zero attached hydrogens (tertiary/aromatic N) is 2. The summed E-state index contributed by atoms with van der Waals surface area (Å²) in [5, 5.41) is 8.75. The van der Waals surface area contributed by atoms with Crippen LogP contribution in [-0.2, 0) is 17.4 Å². The SMILES string of the molecule is COc1ccc(/C=N\NC(=O)Cc2csc(Nc3cccc(C(F)(F)F)c3)n2)cc1OC. The molecule has 1 aromatic heterocycles. The zero-order valence-electron chi connectivity index (χ0n) is 17.1. The lowest BCUT2D eigenvalue weighted by atomic mass is 10.2. The van der Waals surface area contributed by atoms with Crippen LogP contribution in [-0.4, -0.2) is 31.3 Å². The molecule has 0 fully saturated rings. The van der Waals surface area contributed by atoms with E-state index in [1.54, 1.807) is 23.6 Å². The molecule has 11 heteroatoms. The number of carbonyl (C=O) groups is 1. The van der Waals surface area contributed by atoms with E-state index in [0.29, 0.717) is 27.9 Å². The highest BCUT2D eigenvalue weighted by Gasteiger charge is 2.30. The van der Waals surface area contributed by atoms with Crippen LogP contribution in [0.4, 0.5) is 24.0 Å². The van der Waals surface area contributed by atoms with Gasteiger partial charge in [-0.3, -0.25) is 4.79 Å². The van der Waals surface area contributed by atoms with Crippen molar-refractivity contribution in [2.75, 3.05) is 19.5 Å². The predicted octanol–water partition coefficient (Wildman–Crippen LogP) is 4.62. The number of nitrogens with one attached hydrogen (secondary N) is 2. The van der Waals surface area contributed by atoms with Crippen molar-refractivity contribution in [1.29, 1.82) is 0 Å². The van der Waals surface area contributed by atoms with Crippen molar-refractivity contribution < 1.29 is 27.4 Å². The Balaban J connectivity index is 1.55. The molecule has 1 heterocycles. The number of ether oxygens (including phenoxy) is 2. The smallest absolute Gasteiger partial charge is 0.416 e. The van der Waals surface area contributed by atoms with Crippen LogP contribution in [0.5, 0.6) is 11.5 Å². The molecule has 0 saturated carbocycles. The van der Waals surface area contributed by atoms with Crippen LogP contribution in [0.1, 0.15) is 16.8 Å². The number of amides is 1. The second-order valence-corrected chi connectivity index (χ2v) is 7.29. The Bertz CT molecular complexity index is 1120. The van der Waals surface area contributed by atoms with Crippen LogP contribution in [0.25, 0.3) is 0 Å². The molecule has 0 radical (unpaired) electrons. The first-order valence-electron chi connectivity index (χ1n) is 9.21. The number of carbonyl (C=O) groups excluding carboxylic acids is 1. The van der Waals surface area contributed by atoms with Crippen molar-refractivity contribution >= 4 is 34.3 Å². The Labute approximate surface area is 185 Å². The Morgan fingerprint density at radius 3 is 2.66 bits per heavy atom. The van der Waals surface area contributed by atoms with E-state index in [2.05, 4.69) is 20.8 Å². The van der Waals surface area contributed by atoms with Gasteiger partial charge in [-0.25, -0.2) is 10.4 Å². The van der Waals surface area contributed by atoms with Crippen LogP contribution < -0.4 is 20.2 Å². The standard InChI is InChI=1S/C21H19F3N4O3S/c1-30-17-7-6-13(8-18(17)31-2)11-25-28-19(29)10-16-12-32-20(27-16)26-15-5-3-4-14(9-15)21(22,23)24/h3-9,11-12H,10H2,1-2H3,(H,26,27)(H,28,29)/b25-11-. The van der Waals surface area contributed by atoms with Gasteiger partial charge in [0.25, 0.3) is 0 Å². The van der Waals surface area contributed by atoms with Crippen LogP contribution in [0, 0.1) is 0 Å². The zero-order valence-corrected chi connectivity index (χ0v) is 17.9. The Morgan fingerprint density at radius 2 is 1.94 bits per heavy atom. The minimum Gasteiger partial charge on any atom is -0.493 e. The van der Waals surface area contributed by atoms with Gasteiger partial charge in [-0.1, -0.05) is 6.07 Å². The molecule has 0 aliphatic rings. The van der Waals surface area contributed by atoms with Gasteiger partial charge in [0.15, 0.2) is 16.6 Å². The average molecular weight is 464 g/mol. The molecule has 32 heavy (non-hydrogen) atoms. The molecule has 3 aromatic rings. The van der Waals surface area contributed by atoms with Crippen molar-refractivity contribution in [1.82, 2.24) is 10.4 Å². The quantitative estimate of drug-likeness (QED) is 0.376. The summed E-state index contributed by atoms with van der Waals surface area (Å²) in [6.07, 6.45) is -3.01. The molecular formula is C21H19F3N4O3S. The van der Waals surface area contributed by atoms with E-state index in [1.165, 1.54) is 43.9 Å². The Kier molecular flexibility index (Phi) is 7.31. The second-order valence-electron chi connectivity index (χ2n) is 6.43. The summed E-state index contributed by atoms with van der Waals surface area (Å²) in [7, 11) is 3.05. The summed E-state index contributed by atoms with van der Waals surface area (Å²) in [5.41, 5.74) is 3.06. The molecule has 0 bridgehead atoms. The molecule has 7 nitrogen and oxygen atoms in total. The second kappa shape index (κ2) is 10.1. The average Bonchev–Trinajstić information content (AvgIpc) is 3.19. The summed E-state index contributed by atoms with van der Waals surface area (Å²) < 4.78 is 48.9. The highest BCUT2D eigenvalue weighted by molar-refractivity contribution is 7.13. The summed E-state index contributed by atoms with van der Waals surface area (Å²) in [4.78, 5) is 16.3. The number of hydrogen-bond donors (Lipinski definition) is 2. The van der Waals surface area contributed by atoms with Gasteiger partial charge in [-0.05, 0) is 42.0 Å². The van der Waals surface area contributed by atoms with Crippen LogP contribution >= 0.6 is 11.3 Å². The number of methoxy groups -OCH3 is 2. The van der Waals surface area contributed by atoms with Gasteiger partial charge < -0.3 is 14.8 Å². The Hall–Kier alpha value is -3.60. The van der Waals surface area contributed by atoms with Crippen LogP contribution in [0.3, 0.4) is 0 Å². The van der Waals surface area contributed by atoms with E-state index in [1.807, 2.05) is 0 Å². The molecule has 3 rings (SSSR count). The third-order valence-electron chi connectivity index (χ3n) is 4.15. The third kappa shape index (κ3) is 6.20. The van der Waals surface area contributed by atoms with Crippen molar-refractivity contribution in [3.63, 3.8) is 0 Å². The molecule has 0 aliphatic carbocycles. The summed E-state index contributed by atoms with van der Waals surface area (Å²) in [5.74, 6) is 0.718. The van der Waals surface area contributed by atoms with Crippen LogP contribution in [0.15, 0.2) is 52.9 Å². The first-order valence-corrected chi connectivity index (χ1v) is 10.1. The lowest BCUT2D eigenvalue weighted by Crippen LogP contribution is -2.19. The number of rotatable bonds is 8. The molecule has 0 spiro atoms. The fourth-order valence-electron chi connectivity index (χ4n) is 2.66. The number of anilines is 2. The van der Waals surface area contributed by atoms with Gasteiger partial charge in [0, 0.05) is 11.1 Å². The fraction of sp³-hybridized carbons (Fsp3) is 0.190.